The first kappa shape index (κ1) is 16.1. The van der Waals surface area contributed by atoms with Crippen LogP contribution in [0.15, 0.2) is 29.3 Å². The average Bonchev–Trinajstić information content (AvgIpc) is 2.57. The van der Waals surface area contributed by atoms with Gasteiger partial charge in [-0.3, -0.25) is 24.3 Å². The lowest BCUT2D eigenvalue weighted by Gasteiger charge is -2.31. The molecule has 8 nitrogen and oxygen atoms in total. The summed E-state index contributed by atoms with van der Waals surface area (Å²) in [4.78, 5) is 41.0. The summed E-state index contributed by atoms with van der Waals surface area (Å²) in [7, 11) is 0. The number of nitro benzene ring substituents is 1. The molecule has 0 aliphatic carbocycles. The molecule has 2 heterocycles. The Hall–Kier alpha value is -2.77. The van der Waals surface area contributed by atoms with Crippen LogP contribution in [0.4, 0.5) is 5.69 Å². The first-order valence-corrected chi connectivity index (χ1v) is 7.87. The maximum Gasteiger partial charge on any atom is 0.271 e. The van der Waals surface area contributed by atoms with Crippen molar-refractivity contribution in [3.05, 3.63) is 45.0 Å². The van der Waals surface area contributed by atoms with Crippen molar-refractivity contribution in [3.63, 3.8) is 0 Å². The minimum absolute atomic E-state index is 0.0640. The Morgan fingerprint density at radius 1 is 1.46 bits per heavy atom. The fourth-order valence-electron chi connectivity index (χ4n) is 3.03. The molecule has 2 aromatic rings. The van der Waals surface area contributed by atoms with Crippen molar-refractivity contribution in [1.82, 2.24) is 14.5 Å². The molecule has 1 aromatic carbocycles. The smallest absolute Gasteiger partial charge is 0.271 e. The number of likely N-dealkylation sites (tertiary alicyclic amines) is 1. The van der Waals surface area contributed by atoms with Crippen LogP contribution in [-0.2, 0) is 11.3 Å². The number of hydrogen-bond donors (Lipinski definition) is 0. The van der Waals surface area contributed by atoms with E-state index in [1.165, 1.54) is 29.1 Å². The van der Waals surface area contributed by atoms with Gasteiger partial charge in [0.15, 0.2) is 0 Å². The first-order chi connectivity index (χ1) is 11.5. The van der Waals surface area contributed by atoms with Crippen LogP contribution in [0.3, 0.4) is 0 Å². The summed E-state index contributed by atoms with van der Waals surface area (Å²) in [5, 5.41) is 11.1. The van der Waals surface area contributed by atoms with Crippen LogP contribution >= 0.6 is 0 Å². The molecule has 0 bridgehead atoms. The van der Waals surface area contributed by atoms with E-state index in [1.807, 2.05) is 0 Å². The van der Waals surface area contributed by atoms with Crippen molar-refractivity contribution in [1.29, 1.82) is 0 Å². The number of amides is 1. The van der Waals surface area contributed by atoms with Gasteiger partial charge in [0.25, 0.3) is 11.2 Å². The monoisotopic (exact) mass is 330 g/mol. The topological polar surface area (TPSA) is 98.3 Å². The Morgan fingerprint density at radius 3 is 2.96 bits per heavy atom. The molecule has 0 spiro atoms. The summed E-state index contributed by atoms with van der Waals surface area (Å²) in [5.74, 6) is 0.362. The molecule has 0 N–H and O–H groups in total. The number of carbonyl (C=O) groups excluding carboxylic acids is 1. The number of aromatic nitrogens is 2. The predicted octanol–water partition coefficient (Wildman–Crippen LogP) is 1.56. The number of rotatable bonds is 3. The molecule has 8 heteroatoms. The molecule has 0 radical (unpaired) electrons. The van der Waals surface area contributed by atoms with Crippen molar-refractivity contribution in [2.24, 2.45) is 5.92 Å². The third kappa shape index (κ3) is 3.12. The molecule has 1 saturated heterocycles. The summed E-state index contributed by atoms with van der Waals surface area (Å²) in [6, 6.07) is 3.91. The van der Waals surface area contributed by atoms with E-state index in [1.54, 1.807) is 4.90 Å². The molecule has 3 rings (SSSR count). The molecule has 1 aromatic heterocycles. The maximum atomic E-state index is 12.5. The number of non-ortho nitro benzene ring substituents is 1. The van der Waals surface area contributed by atoms with Gasteiger partial charge in [0, 0.05) is 25.2 Å². The van der Waals surface area contributed by atoms with Gasteiger partial charge in [-0.25, -0.2) is 4.98 Å². The zero-order valence-corrected chi connectivity index (χ0v) is 13.3. The van der Waals surface area contributed by atoms with Crippen LogP contribution in [0.2, 0.25) is 0 Å². The summed E-state index contributed by atoms with van der Waals surface area (Å²) in [5.41, 5.74) is -0.233. The van der Waals surface area contributed by atoms with Gasteiger partial charge in [0.05, 0.1) is 22.2 Å². The third-order valence-corrected chi connectivity index (χ3v) is 4.33. The van der Waals surface area contributed by atoms with E-state index in [0.29, 0.717) is 19.0 Å². The number of piperidine rings is 1. The minimum atomic E-state index is -0.534. The maximum absolute atomic E-state index is 12.5. The highest BCUT2D eigenvalue weighted by molar-refractivity contribution is 5.80. The second kappa shape index (κ2) is 6.38. The van der Waals surface area contributed by atoms with E-state index >= 15 is 0 Å². The Morgan fingerprint density at radius 2 is 2.25 bits per heavy atom. The second-order valence-electron chi connectivity index (χ2n) is 6.22. The van der Waals surface area contributed by atoms with E-state index in [-0.39, 0.29) is 34.6 Å². The lowest BCUT2D eigenvalue weighted by molar-refractivity contribution is -0.384. The summed E-state index contributed by atoms with van der Waals surface area (Å²) < 4.78 is 1.26. The molecular weight excluding hydrogens is 312 g/mol. The fourth-order valence-corrected chi connectivity index (χ4v) is 3.03. The van der Waals surface area contributed by atoms with E-state index in [9.17, 15) is 19.7 Å². The van der Waals surface area contributed by atoms with Gasteiger partial charge in [-0.2, -0.15) is 0 Å². The predicted molar refractivity (Wildman–Crippen MR) is 87.6 cm³/mol. The van der Waals surface area contributed by atoms with E-state index in [2.05, 4.69) is 11.9 Å². The first-order valence-electron chi connectivity index (χ1n) is 7.87. The average molecular weight is 330 g/mol. The van der Waals surface area contributed by atoms with Crippen molar-refractivity contribution < 1.29 is 9.72 Å². The molecule has 126 valence electrons. The summed E-state index contributed by atoms with van der Waals surface area (Å²) in [6.45, 7) is 3.47. The van der Waals surface area contributed by atoms with Crippen molar-refractivity contribution in [3.8, 4) is 0 Å². The van der Waals surface area contributed by atoms with Crippen LogP contribution < -0.4 is 5.56 Å². The van der Waals surface area contributed by atoms with Crippen molar-refractivity contribution >= 4 is 22.5 Å². The van der Waals surface area contributed by atoms with Gasteiger partial charge < -0.3 is 4.90 Å². The number of nitro groups is 1. The second-order valence-corrected chi connectivity index (χ2v) is 6.22. The quantitative estimate of drug-likeness (QED) is 0.628. The van der Waals surface area contributed by atoms with Gasteiger partial charge in [0.2, 0.25) is 5.91 Å². The van der Waals surface area contributed by atoms with Gasteiger partial charge >= 0.3 is 0 Å². The Balaban J connectivity index is 1.86. The fraction of sp³-hybridized carbons (Fsp3) is 0.438. The molecule has 24 heavy (non-hydrogen) atoms. The third-order valence-electron chi connectivity index (χ3n) is 4.33. The highest BCUT2D eigenvalue weighted by Crippen LogP contribution is 2.17. The summed E-state index contributed by atoms with van der Waals surface area (Å²) in [6.07, 6.45) is 3.36. The number of carbonyl (C=O) groups is 1. The highest BCUT2D eigenvalue weighted by Gasteiger charge is 2.21. The minimum Gasteiger partial charge on any atom is -0.341 e. The number of benzene rings is 1. The SMILES string of the molecule is CC1CCCN(C(=O)Cn2cnc3cc([N+](=O)[O-])ccc3c2=O)C1. The van der Waals surface area contributed by atoms with Crippen LogP contribution in [0.1, 0.15) is 19.8 Å². The molecule has 1 unspecified atom stereocenters. The van der Waals surface area contributed by atoms with Crippen LogP contribution in [0.5, 0.6) is 0 Å². The normalized spacial score (nSPS) is 17.9. The highest BCUT2D eigenvalue weighted by atomic mass is 16.6. The zero-order chi connectivity index (χ0) is 17.3. The van der Waals surface area contributed by atoms with E-state index in [0.717, 1.165) is 12.8 Å². The largest absolute Gasteiger partial charge is 0.341 e. The van der Waals surface area contributed by atoms with Crippen LogP contribution in [0, 0.1) is 16.0 Å². The van der Waals surface area contributed by atoms with Crippen LogP contribution in [-0.4, -0.2) is 38.4 Å². The lowest BCUT2D eigenvalue weighted by Crippen LogP contribution is -2.42. The Bertz CT molecular complexity index is 861. The number of nitrogens with zero attached hydrogens (tertiary/aromatic N) is 4. The molecular formula is C16H18N4O4. The summed E-state index contributed by atoms with van der Waals surface area (Å²) >= 11 is 0. The van der Waals surface area contributed by atoms with Crippen molar-refractivity contribution in [2.45, 2.75) is 26.3 Å². The molecule has 1 fully saturated rings. The molecule has 1 aliphatic rings. The standard InChI is InChI=1S/C16H18N4O4/c1-11-3-2-6-18(8-11)15(21)9-19-10-17-14-7-12(20(23)24)4-5-13(14)16(19)22/h4-5,7,10-11H,2-3,6,8-9H2,1H3. The Labute approximate surface area is 137 Å². The van der Waals surface area contributed by atoms with Crippen LogP contribution in [0.25, 0.3) is 10.9 Å². The number of hydrogen-bond acceptors (Lipinski definition) is 5. The number of fused-ring (bicyclic) bond motifs is 1. The van der Waals surface area contributed by atoms with Crippen molar-refractivity contribution in [2.75, 3.05) is 13.1 Å². The Kier molecular flexibility index (Phi) is 4.28. The molecule has 0 saturated carbocycles. The lowest BCUT2D eigenvalue weighted by atomic mass is 10.0. The molecule has 1 aliphatic heterocycles. The van der Waals surface area contributed by atoms with E-state index in [4.69, 9.17) is 0 Å². The van der Waals surface area contributed by atoms with E-state index < -0.39 is 4.92 Å². The molecule has 1 amide bonds. The zero-order valence-electron chi connectivity index (χ0n) is 13.3. The van der Waals surface area contributed by atoms with Gasteiger partial charge in [-0.1, -0.05) is 6.92 Å². The molecule has 1 atom stereocenters. The van der Waals surface area contributed by atoms with Gasteiger partial charge in [0.1, 0.15) is 6.54 Å². The van der Waals surface area contributed by atoms with Gasteiger partial charge in [-0.15, -0.1) is 0 Å². The van der Waals surface area contributed by atoms with Gasteiger partial charge in [-0.05, 0) is 24.8 Å².